The van der Waals surface area contributed by atoms with Crippen LogP contribution in [-0.2, 0) is 4.79 Å². The third-order valence-corrected chi connectivity index (χ3v) is 4.45. The van der Waals surface area contributed by atoms with E-state index in [-0.39, 0.29) is 17.9 Å². The van der Waals surface area contributed by atoms with Crippen LogP contribution in [0.25, 0.3) is 0 Å². The summed E-state index contributed by atoms with van der Waals surface area (Å²) < 4.78 is 5.39. The van der Waals surface area contributed by atoms with Gasteiger partial charge in [0.2, 0.25) is 5.91 Å². The summed E-state index contributed by atoms with van der Waals surface area (Å²) in [6, 6.07) is 14.4. The first-order chi connectivity index (χ1) is 13.1. The Morgan fingerprint density at radius 1 is 1.04 bits per heavy atom. The zero-order valence-corrected chi connectivity index (χ0v) is 15.5. The van der Waals surface area contributed by atoms with E-state index in [0.717, 1.165) is 25.1 Å². The van der Waals surface area contributed by atoms with Crippen LogP contribution in [0.5, 0.6) is 5.75 Å². The third kappa shape index (κ3) is 5.56. The lowest BCUT2D eigenvalue weighted by atomic mass is 10.1. The van der Waals surface area contributed by atoms with Gasteiger partial charge >= 0.3 is 0 Å². The fraction of sp³-hybridized carbons (Fsp3) is 0.333. The van der Waals surface area contributed by atoms with Crippen molar-refractivity contribution in [1.82, 2.24) is 5.32 Å². The average molecular weight is 367 g/mol. The highest BCUT2D eigenvalue weighted by molar-refractivity contribution is 6.04. The second-order valence-electron chi connectivity index (χ2n) is 6.53. The SMILES string of the molecule is CCOc1ccc(NC(=O)c2ccc(NC(=O)CC3CCCN3)cc2)cc1. The summed E-state index contributed by atoms with van der Waals surface area (Å²) in [5.41, 5.74) is 1.92. The Hall–Kier alpha value is -2.86. The van der Waals surface area contributed by atoms with E-state index >= 15 is 0 Å². The molecule has 0 aromatic heterocycles. The van der Waals surface area contributed by atoms with E-state index in [1.54, 1.807) is 36.4 Å². The van der Waals surface area contributed by atoms with Gasteiger partial charge in [0.1, 0.15) is 5.75 Å². The average Bonchev–Trinajstić information content (AvgIpc) is 3.17. The smallest absolute Gasteiger partial charge is 0.255 e. The Kier molecular flexibility index (Phi) is 6.44. The van der Waals surface area contributed by atoms with Gasteiger partial charge in [-0.3, -0.25) is 9.59 Å². The summed E-state index contributed by atoms with van der Waals surface area (Å²) in [4.78, 5) is 24.4. The summed E-state index contributed by atoms with van der Waals surface area (Å²) in [5, 5.41) is 9.03. The van der Waals surface area contributed by atoms with Crippen LogP contribution < -0.4 is 20.7 Å². The normalized spacial score (nSPS) is 16.0. The van der Waals surface area contributed by atoms with E-state index in [0.29, 0.717) is 30.0 Å². The van der Waals surface area contributed by atoms with Gasteiger partial charge in [-0.25, -0.2) is 0 Å². The first kappa shape index (κ1) is 18.9. The highest BCUT2D eigenvalue weighted by Crippen LogP contribution is 2.17. The molecular formula is C21H25N3O3. The maximum Gasteiger partial charge on any atom is 0.255 e. The zero-order chi connectivity index (χ0) is 19.1. The quantitative estimate of drug-likeness (QED) is 0.701. The fourth-order valence-electron chi connectivity index (χ4n) is 3.08. The van der Waals surface area contributed by atoms with E-state index in [1.807, 2.05) is 19.1 Å². The van der Waals surface area contributed by atoms with Gasteiger partial charge in [-0.05, 0) is 74.8 Å². The molecule has 2 aromatic carbocycles. The topological polar surface area (TPSA) is 79.5 Å². The number of amides is 2. The minimum absolute atomic E-state index is 0.0130. The predicted molar refractivity (Wildman–Crippen MR) is 106 cm³/mol. The van der Waals surface area contributed by atoms with E-state index in [4.69, 9.17) is 4.74 Å². The number of benzene rings is 2. The molecule has 1 aliphatic heterocycles. The minimum atomic E-state index is -0.202. The number of carbonyl (C=O) groups excluding carboxylic acids is 2. The van der Waals surface area contributed by atoms with E-state index in [1.165, 1.54) is 0 Å². The lowest BCUT2D eigenvalue weighted by Crippen LogP contribution is -2.27. The largest absolute Gasteiger partial charge is 0.494 e. The monoisotopic (exact) mass is 367 g/mol. The lowest BCUT2D eigenvalue weighted by Gasteiger charge is -2.11. The predicted octanol–water partition coefficient (Wildman–Crippen LogP) is 3.42. The van der Waals surface area contributed by atoms with Gasteiger partial charge in [-0.1, -0.05) is 0 Å². The molecule has 0 bridgehead atoms. The van der Waals surface area contributed by atoms with Crippen LogP contribution >= 0.6 is 0 Å². The third-order valence-electron chi connectivity index (χ3n) is 4.45. The summed E-state index contributed by atoms with van der Waals surface area (Å²) in [5.74, 6) is 0.552. The molecule has 1 atom stereocenters. The molecule has 1 aliphatic rings. The Bertz CT molecular complexity index is 766. The van der Waals surface area contributed by atoms with Crippen molar-refractivity contribution in [2.24, 2.45) is 0 Å². The highest BCUT2D eigenvalue weighted by Gasteiger charge is 2.17. The van der Waals surface area contributed by atoms with Gasteiger partial charge in [-0.15, -0.1) is 0 Å². The molecule has 1 fully saturated rings. The molecule has 0 saturated carbocycles. The molecule has 2 amide bonds. The number of carbonyl (C=O) groups is 2. The number of hydrogen-bond acceptors (Lipinski definition) is 4. The van der Waals surface area contributed by atoms with Gasteiger partial charge in [0.15, 0.2) is 0 Å². The van der Waals surface area contributed by atoms with Crippen molar-refractivity contribution in [1.29, 1.82) is 0 Å². The van der Waals surface area contributed by atoms with Crippen molar-refractivity contribution >= 4 is 23.2 Å². The first-order valence-electron chi connectivity index (χ1n) is 9.31. The van der Waals surface area contributed by atoms with Crippen molar-refractivity contribution in [3.05, 3.63) is 54.1 Å². The van der Waals surface area contributed by atoms with Crippen LogP contribution in [0, 0.1) is 0 Å². The molecule has 2 aromatic rings. The summed E-state index contributed by atoms with van der Waals surface area (Å²) in [6.45, 7) is 3.51. The van der Waals surface area contributed by atoms with Crippen LogP contribution in [0.2, 0.25) is 0 Å². The molecule has 0 aliphatic carbocycles. The molecule has 3 N–H and O–H groups in total. The zero-order valence-electron chi connectivity index (χ0n) is 15.5. The fourth-order valence-corrected chi connectivity index (χ4v) is 3.08. The lowest BCUT2D eigenvalue weighted by molar-refractivity contribution is -0.116. The Labute approximate surface area is 159 Å². The molecule has 1 saturated heterocycles. The molecule has 6 heteroatoms. The Morgan fingerprint density at radius 2 is 1.70 bits per heavy atom. The molecule has 6 nitrogen and oxygen atoms in total. The van der Waals surface area contributed by atoms with Crippen molar-refractivity contribution in [3.63, 3.8) is 0 Å². The molecule has 0 radical (unpaired) electrons. The molecular weight excluding hydrogens is 342 g/mol. The van der Waals surface area contributed by atoms with Crippen LogP contribution in [0.15, 0.2) is 48.5 Å². The van der Waals surface area contributed by atoms with Crippen molar-refractivity contribution in [2.45, 2.75) is 32.2 Å². The van der Waals surface area contributed by atoms with Crippen LogP contribution in [0.1, 0.15) is 36.5 Å². The van der Waals surface area contributed by atoms with Gasteiger partial charge in [-0.2, -0.15) is 0 Å². The van der Waals surface area contributed by atoms with Gasteiger partial charge < -0.3 is 20.7 Å². The molecule has 3 rings (SSSR count). The summed E-state index contributed by atoms with van der Waals surface area (Å²) >= 11 is 0. The number of ether oxygens (including phenoxy) is 1. The molecule has 1 heterocycles. The van der Waals surface area contributed by atoms with Crippen molar-refractivity contribution < 1.29 is 14.3 Å². The Morgan fingerprint density at radius 3 is 2.33 bits per heavy atom. The highest BCUT2D eigenvalue weighted by atomic mass is 16.5. The maximum absolute atomic E-state index is 12.4. The standard InChI is InChI=1S/C21H25N3O3/c1-2-27-19-11-9-17(10-12-19)24-21(26)15-5-7-16(8-6-15)23-20(25)14-18-4-3-13-22-18/h5-12,18,22H,2-4,13-14H2,1H3,(H,23,25)(H,24,26). The molecule has 0 spiro atoms. The number of rotatable bonds is 7. The molecule has 142 valence electrons. The van der Waals surface area contributed by atoms with Gasteiger partial charge in [0, 0.05) is 29.4 Å². The van der Waals surface area contributed by atoms with Gasteiger partial charge in [0.05, 0.1) is 6.61 Å². The first-order valence-corrected chi connectivity index (χ1v) is 9.31. The number of hydrogen-bond donors (Lipinski definition) is 3. The second-order valence-corrected chi connectivity index (χ2v) is 6.53. The Balaban J connectivity index is 1.52. The molecule has 1 unspecified atom stereocenters. The maximum atomic E-state index is 12.4. The van der Waals surface area contributed by atoms with Crippen molar-refractivity contribution in [2.75, 3.05) is 23.8 Å². The van der Waals surface area contributed by atoms with Crippen LogP contribution in [-0.4, -0.2) is 31.0 Å². The summed E-state index contributed by atoms with van der Waals surface area (Å²) in [7, 11) is 0. The van der Waals surface area contributed by atoms with Crippen LogP contribution in [0.4, 0.5) is 11.4 Å². The van der Waals surface area contributed by atoms with E-state index < -0.39 is 0 Å². The van der Waals surface area contributed by atoms with Crippen LogP contribution in [0.3, 0.4) is 0 Å². The van der Waals surface area contributed by atoms with E-state index in [9.17, 15) is 9.59 Å². The van der Waals surface area contributed by atoms with Gasteiger partial charge in [0.25, 0.3) is 5.91 Å². The number of anilines is 2. The summed E-state index contributed by atoms with van der Waals surface area (Å²) in [6.07, 6.45) is 2.63. The second kappa shape index (κ2) is 9.19. The molecule has 27 heavy (non-hydrogen) atoms. The van der Waals surface area contributed by atoms with Crippen molar-refractivity contribution in [3.8, 4) is 5.75 Å². The minimum Gasteiger partial charge on any atom is -0.494 e. The van der Waals surface area contributed by atoms with E-state index in [2.05, 4.69) is 16.0 Å². The number of nitrogens with one attached hydrogen (secondary N) is 3.